The highest BCUT2D eigenvalue weighted by molar-refractivity contribution is 6.04. The number of halogens is 1. The van der Waals surface area contributed by atoms with Gasteiger partial charge in [-0.15, -0.1) is 0 Å². The van der Waals surface area contributed by atoms with E-state index in [-0.39, 0.29) is 35.8 Å². The number of carbonyl (C=O) groups is 2. The van der Waals surface area contributed by atoms with Crippen molar-refractivity contribution in [2.24, 2.45) is 17.8 Å². The van der Waals surface area contributed by atoms with E-state index in [1.807, 2.05) is 12.1 Å². The van der Waals surface area contributed by atoms with Crippen molar-refractivity contribution in [3.63, 3.8) is 0 Å². The van der Waals surface area contributed by atoms with E-state index in [4.69, 9.17) is 33.2 Å². The summed E-state index contributed by atoms with van der Waals surface area (Å²) in [5.74, 6) is 0.326. The van der Waals surface area contributed by atoms with Crippen LogP contribution in [0.3, 0.4) is 0 Å². The first-order chi connectivity index (χ1) is 21.3. The van der Waals surface area contributed by atoms with Crippen molar-refractivity contribution < 1.29 is 59.7 Å². The molecule has 3 aromatic rings. The maximum absolute atomic E-state index is 13.5. The molecule has 0 bridgehead atoms. The second-order valence-electron chi connectivity index (χ2n) is 11.5. The second-order valence-corrected chi connectivity index (χ2v) is 11.5. The Morgan fingerprint density at radius 1 is 0.933 bits per heavy atom. The van der Waals surface area contributed by atoms with Crippen molar-refractivity contribution in [3.8, 4) is 23.0 Å². The lowest BCUT2D eigenvalue weighted by Crippen LogP contribution is -3.00. The summed E-state index contributed by atoms with van der Waals surface area (Å²) in [6.07, 6.45) is 0.780. The number of H-pyrrole nitrogens is 1. The van der Waals surface area contributed by atoms with Crippen LogP contribution in [0.2, 0.25) is 0 Å². The molecular weight excluding hydrogens is 604 g/mol. The molecule has 1 aliphatic carbocycles. The smallest absolute Gasteiger partial charge is 0.338 e. The van der Waals surface area contributed by atoms with Crippen LogP contribution in [0.4, 0.5) is 0 Å². The highest BCUT2D eigenvalue weighted by Gasteiger charge is 2.55. The van der Waals surface area contributed by atoms with Gasteiger partial charge in [0.25, 0.3) is 0 Å². The quantitative estimate of drug-likeness (QED) is 0.279. The number of hydrogen-bond acceptors (Lipinski definition) is 9. The number of aromatic amines is 1. The Morgan fingerprint density at radius 3 is 2.29 bits per heavy atom. The third kappa shape index (κ3) is 5.56. The average molecular weight is 643 g/mol. The molecule has 0 amide bonds. The normalized spacial score (nSPS) is 23.6. The number of hydrogen-bond donors (Lipinski definition) is 1. The van der Waals surface area contributed by atoms with Crippen LogP contribution < -0.4 is 31.4 Å². The van der Waals surface area contributed by atoms with Crippen molar-refractivity contribution in [3.05, 3.63) is 47.2 Å². The summed E-state index contributed by atoms with van der Waals surface area (Å²) in [5, 5.41) is 1.19. The number of benzene rings is 2. The van der Waals surface area contributed by atoms with E-state index >= 15 is 0 Å². The Bertz CT molecular complexity index is 1610. The molecule has 1 saturated carbocycles. The zero-order valence-electron chi connectivity index (χ0n) is 26.3. The molecule has 3 aliphatic rings. The van der Waals surface area contributed by atoms with Gasteiger partial charge in [0.15, 0.2) is 17.2 Å². The number of aromatic nitrogens is 1. The molecule has 12 heteroatoms. The molecule has 5 unspecified atom stereocenters. The Morgan fingerprint density at radius 2 is 1.67 bits per heavy atom. The predicted molar refractivity (Wildman–Crippen MR) is 160 cm³/mol. The Hall–Kier alpha value is -3.96. The average Bonchev–Trinajstić information content (AvgIpc) is 3.43. The maximum atomic E-state index is 13.5. The number of esters is 2. The largest absolute Gasteiger partial charge is 1.00 e. The molecule has 0 saturated heterocycles. The van der Waals surface area contributed by atoms with Gasteiger partial charge in [-0.1, -0.05) is 0 Å². The second kappa shape index (κ2) is 13.2. The van der Waals surface area contributed by atoms with Gasteiger partial charge in [0.1, 0.15) is 36.7 Å². The summed E-state index contributed by atoms with van der Waals surface area (Å²) in [6, 6.07) is 9.23. The van der Waals surface area contributed by atoms with Gasteiger partial charge in [0.2, 0.25) is 5.75 Å². The summed E-state index contributed by atoms with van der Waals surface area (Å²) in [6.45, 7) is 1.61. The first-order valence-electron chi connectivity index (χ1n) is 14.8. The fourth-order valence-corrected chi connectivity index (χ4v) is 7.49. The van der Waals surface area contributed by atoms with Crippen molar-refractivity contribution in [2.45, 2.75) is 31.5 Å². The van der Waals surface area contributed by atoms with E-state index in [0.29, 0.717) is 30.1 Å². The molecule has 0 spiro atoms. The summed E-state index contributed by atoms with van der Waals surface area (Å²) in [4.78, 5) is 30.6. The molecular formula is C33H39ClN2O9. The van der Waals surface area contributed by atoms with Crippen LogP contribution in [0, 0.1) is 17.8 Å². The van der Waals surface area contributed by atoms with Crippen LogP contribution in [0.15, 0.2) is 30.3 Å². The van der Waals surface area contributed by atoms with E-state index in [0.717, 1.165) is 36.5 Å². The highest BCUT2D eigenvalue weighted by Crippen LogP contribution is 2.45. The number of rotatable bonds is 8. The van der Waals surface area contributed by atoms with Crippen LogP contribution in [0.1, 0.15) is 34.5 Å². The molecule has 11 nitrogen and oxygen atoms in total. The van der Waals surface area contributed by atoms with Crippen molar-refractivity contribution in [2.75, 3.05) is 55.7 Å². The minimum Gasteiger partial charge on any atom is -1.00 e. The van der Waals surface area contributed by atoms with E-state index in [1.54, 1.807) is 26.4 Å². The third-order valence-corrected chi connectivity index (χ3v) is 9.53. The molecule has 6 rings (SSSR count). The van der Waals surface area contributed by atoms with Crippen LogP contribution in [-0.4, -0.2) is 95.2 Å². The first-order valence-corrected chi connectivity index (χ1v) is 14.8. The number of nitrogens with one attached hydrogen (secondary N) is 1. The number of fused-ring (bicyclic) bond motifs is 5. The Kier molecular flexibility index (Phi) is 9.50. The fourth-order valence-electron chi connectivity index (χ4n) is 7.49. The molecule has 45 heavy (non-hydrogen) atoms. The minimum atomic E-state index is -0.683. The van der Waals surface area contributed by atoms with Crippen molar-refractivity contribution >= 4 is 28.6 Å². The zero-order chi connectivity index (χ0) is 31.1. The Balaban J connectivity index is 0.00000400. The standard InChI is InChI=1S/C33H38N2O9.ClH/c1-38-19-7-8-20-21-9-10-35-16-18-13-27(44-32(36)17-11-25(39-2)30(41-4)26(12-17)40-3)31(42-5)28(33(37)43-6)22(18)15-24(35)29(21)34-23(20)14-19;/h7-8,11-12,14,18,22,27-28,31H,9-10,13,15-16H2,1-6H3;1H. The van der Waals surface area contributed by atoms with Crippen molar-refractivity contribution in [1.29, 1.82) is 0 Å². The summed E-state index contributed by atoms with van der Waals surface area (Å²) in [7, 11) is 9.08. The van der Waals surface area contributed by atoms with Crippen molar-refractivity contribution in [1.82, 2.24) is 4.98 Å². The van der Waals surface area contributed by atoms with E-state index in [1.165, 1.54) is 45.1 Å². The molecule has 3 heterocycles. The molecule has 2 aromatic carbocycles. The number of nitrogens with zero attached hydrogens (tertiary/aromatic N) is 1. The lowest BCUT2D eigenvalue weighted by molar-refractivity contribution is -0.545. The van der Waals surface area contributed by atoms with Gasteiger partial charge in [0.05, 0.1) is 47.0 Å². The lowest BCUT2D eigenvalue weighted by Gasteiger charge is -2.45. The fraction of sp³-hybridized carbons (Fsp3) is 0.485. The third-order valence-electron chi connectivity index (χ3n) is 9.53. The predicted octanol–water partition coefficient (Wildman–Crippen LogP) is 0.634. The van der Waals surface area contributed by atoms with Gasteiger partial charge in [-0.3, -0.25) is 4.79 Å². The Labute approximate surface area is 268 Å². The summed E-state index contributed by atoms with van der Waals surface area (Å²) >= 11 is 0. The molecule has 1 N–H and O–H groups in total. The summed E-state index contributed by atoms with van der Waals surface area (Å²) in [5.41, 5.74) is 4.88. The van der Waals surface area contributed by atoms with Gasteiger partial charge in [-0.2, -0.15) is 0 Å². The van der Waals surface area contributed by atoms with Crippen LogP contribution in [0.5, 0.6) is 23.0 Å². The first kappa shape index (κ1) is 32.4. The lowest BCUT2D eigenvalue weighted by atomic mass is 9.65. The van der Waals surface area contributed by atoms with Gasteiger partial charge in [-0.05, 0) is 42.2 Å². The zero-order valence-corrected chi connectivity index (χ0v) is 27.1. The topological polar surface area (TPSA) is 118 Å². The highest BCUT2D eigenvalue weighted by atomic mass is 35.5. The van der Waals surface area contributed by atoms with Gasteiger partial charge < -0.3 is 50.5 Å². The number of carbonyl (C=O) groups excluding carboxylic acids is 2. The van der Waals surface area contributed by atoms with Crippen LogP contribution in [0.25, 0.3) is 10.9 Å². The SMILES string of the molecule is COC(=O)C1C2CC3=[N+](CCc4c3[nH]c3cc(OC)ccc43)CC2CC(OC(=O)c2cc(OC)c(OC)c(OC)c2)C1OC.[Cl-]. The van der Waals surface area contributed by atoms with Gasteiger partial charge >= 0.3 is 11.9 Å². The van der Waals surface area contributed by atoms with E-state index in [9.17, 15) is 9.59 Å². The van der Waals surface area contributed by atoms with Gasteiger partial charge in [0, 0.05) is 42.8 Å². The van der Waals surface area contributed by atoms with Gasteiger partial charge in [-0.25, -0.2) is 9.37 Å². The van der Waals surface area contributed by atoms with Crippen LogP contribution >= 0.6 is 0 Å². The minimum absolute atomic E-state index is 0. The molecule has 1 fully saturated rings. The monoisotopic (exact) mass is 642 g/mol. The number of ether oxygens (including phenoxy) is 7. The van der Waals surface area contributed by atoms with E-state index in [2.05, 4.69) is 15.6 Å². The molecule has 1 aromatic heterocycles. The molecule has 242 valence electrons. The molecule has 5 atom stereocenters. The molecule has 0 radical (unpaired) electrons. The summed E-state index contributed by atoms with van der Waals surface area (Å²) < 4.78 is 41.5. The van der Waals surface area contributed by atoms with E-state index < -0.39 is 24.1 Å². The van der Waals surface area contributed by atoms with Crippen LogP contribution in [-0.2, 0) is 25.4 Å². The molecule has 2 aliphatic heterocycles. The maximum Gasteiger partial charge on any atom is 0.338 e. The number of methoxy groups -OCH3 is 6.